The maximum absolute atomic E-state index is 13.7. The highest BCUT2D eigenvalue weighted by Crippen LogP contribution is 2.45. The maximum Gasteiger partial charge on any atom is 0.341 e. The number of ether oxygens (including phenoxy) is 2. The molecule has 1 atom stereocenters. The van der Waals surface area contributed by atoms with E-state index in [0.29, 0.717) is 34.9 Å². The molecule has 1 aliphatic heterocycles. The second-order valence-corrected chi connectivity index (χ2v) is 19.0. The number of carbonyl (C=O) groups is 1. The van der Waals surface area contributed by atoms with Crippen LogP contribution >= 0.6 is 11.3 Å². The molecule has 12 nitrogen and oxygen atoms in total. The van der Waals surface area contributed by atoms with E-state index in [9.17, 15) is 13.2 Å². The number of rotatable bonds is 11. The normalized spacial score (nSPS) is 19.9. The highest BCUT2D eigenvalue weighted by molar-refractivity contribution is 7.91. The molecule has 0 bridgehead atoms. The average molecular weight is 806 g/mol. The van der Waals surface area contributed by atoms with Crippen molar-refractivity contribution in [2.45, 2.75) is 51.2 Å². The van der Waals surface area contributed by atoms with Gasteiger partial charge in [0.15, 0.2) is 5.65 Å². The van der Waals surface area contributed by atoms with Crippen molar-refractivity contribution < 1.29 is 22.7 Å². The minimum atomic E-state index is -3.80. The van der Waals surface area contributed by atoms with Crippen LogP contribution in [0.3, 0.4) is 0 Å². The number of nitrogens with zero attached hydrogens (tertiary/aromatic N) is 6. The van der Waals surface area contributed by atoms with Crippen molar-refractivity contribution in [3.63, 3.8) is 0 Å². The van der Waals surface area contributed by atoms with Gasteiger partial charge in [0.2, 0.25) is 16.0 Å². The summed E-state index contributed by atoms with van der Waals surface area (Å²) in [7, 11) is -2.46. The molecule has 1 fully saturated rings. The summed E-state index contributed by atoms with van der Waals surface area (Å²) in [6.07, 6.45) is 17.3. The molecule has 1 unspecified atom stereocenters. The van der Waals surface area contributed by atoms with Crippen LogP contribution in [-0.2, 0) is 14.8 Å². The van der Waals surface area contributed by atoms with E-state index in [-0.39, 0.29) is 11.0 Å². The summed E-state index contributed by atoms with van der Waals surface area (Å²) in [6, 6.07) is 13.0. The average Bonchev–Trinajstić information content (AvgIpc) is 3.87. The number of nitrogens with one attached hydrogen (secondary N) is 1. The molecule has 1 aromatic carbocycles. The number of fused-ring (bicyclic) bond motifs is 1. The summed E-state index contributed by atoms with van der Waals surface area (Å²) in [5.74, 6) is 0.788. The third kappa shape index (κ3) is 7.98. The van der Waals surface area contributed by atoms with Crippen LogP contribution in [0.5, 0.6) is 11.5 Å². The Morgan fingerprint density at radius 2 is 1.81 bits per heavy atom. The number of piperazine rings is 1. The third-order valence-corrected chi connectivity index (χ3v) is 14.5. The molecule has 2 aliphatic carbocycles. The topological polar surface area (TPSA) is 132 Å². The Labute approximate surface area is 337 Å². The van der Waals surface area contributed by atoms with Gasteiger partial charge in [-0.3, -0.25) is 4.90 Å². The number of aromatic nitrogens is 4. The van der Waals surface area contributed by atoms with E-state index < -0.39 is 20.7 Å². The second-order valence-electron chi connectivity index (χ2n) is 15.9. The van der Waals surface area contributed by atoms with Crippen molar-refractivity contribution in [1.82, 2.24) is 23.8 Å². The lowest BCUT2D eigenvalue weighted by molar-refractivity contribution is 0.0598. The molecule has 0 amide bonds. The van der Waals surface area contributed by atoms with Crippen LogP contribution in [0, 0.1) is 5.41 Å². The number of carbonyl (C=O) groups excluding carboxylic acids is 1. The number of methoxy groups -OCH3 is 1. The van der Waals surface area contributed by atoms with Crippen LogP contribution < -0.4 is 15.0 Å². The van der Waals surface area contributed by atoms with Gasteiger partial charge in [-0.05, 0) is 80.0 Å². The summed E-state index contributed by atoms with van der Waals surface area (Å²) >= 11 is 1.77. The molecule has 0 radical (unpaired) electrons. The molecule has 5 heterocycles. The predicted octanol–water partition coefficient (Wildman–Crippen LogP) is 8.45. The van der Waals surface area contributed by atoms with E-state index in [2.05, 4.69) is 55.4 Å². The Hall–Kier alpha value is -5.31. The van der Waals surface area contributed by atoms with Gasteiger partial charge in [0.05, 0.1) is 19.0 Å². The SMILES string of the molecule is COC(=O)c1ccc(N2CCN(CC3=C(c4cc(Nc5ncccn5)cs4)CC(C)(C)CC3)CC2)cc1Oc1cnc2c(ccn2S(=O)(=O)C2(C)C=CC=CC2)c1. The van der Waals surface area contributed by atoms with Gasteiger partial charge in [-0.25, -0.2) is 32.1 Å². The monoisotopic (exact) mass is 805 g/mol. The number of thiophene rings is 1. The van der Waals surface area contributed by atoms with Crippen LogP contribution in [0.4, 0.5) is 17.3 Å². The number of esters is 1. The van der Waals surface area contributed by atoms with Crippen molar-refractivity contribution >= 4 is 61.3 Å². The lowest BCUT2D eigenvalue weighted by atomic mass is 9.74. The van der Waals surface area contributed by atoms with Gasteiger partial charge in [0.1, 0.15) is 21.8 Å². The van der Waals surface area contributed by atoms with Gasteiger partial charge in [-0.2, -0.15) is 0 Å². The van der Waals surface area contributed by atoms with Gasteiger partial charge in [0.25, 0.3) is 0 Å². The Balaban J connectivity index is 0.974. The number of allylic oxidation sites excluding steroid dienone is 4. The summed E-state index contributed by atoms with van der Waals surface area (Å²) < 4.78 is 39.0. The molecule has 14 heteroatoms. The lowest BCUT2D eigenvalue weighted by Gasteiger charge is -2.39. The summed E-state index contributed by atoms with van der Waals surface area (Å²) in [6.45, 7) is 10.8. The van der Waals surface area contributed by atoms with Crippen LogP contribution in [-0.4, -0.2) is 82.8 Å². The fourth-order valence-electron chi connectivity index (χ4n) is 7.81. The van der Waals surface area contributed by atoms with Crippen LogP contribution in [0.25, 0.3) is 16.6 Å². The summed E-state index contributed by atoms with van der Waals surface area (Å²) in [5, 5.41) is 6.09. The quantitative estimate of drug-likeness (QED) is 0.129. The van der Waals surface area contributed by atoms with Gasteiger partial charge in [0, 0.05) is 78.7 Å². The minimum Gasteiger partial charge on any atom is -0.465 e. The van der Waals surface area contributed by atoms with E-state index in [4.69, 9.17) is 9.47 Å². The van der Waals surface area contributed by atoms with E-state index in [1.807, 2.05) is 30.4 Å². The summed E-state index contributed by atoms with van der Waals surface area (Å²) in [4.78, 5) is 32.2. The van der Waals surface area contributed by atoms with Crippen LogP contribution in [0.2, 0.25) is 0 Å². The molecule has 8 rings (SSSR count). The molecule has 5 aromatic rings. The van der Waals surface area contributed by atoms with Crippen molar-refractivity contribution in [3.8, 4) is 11.5 Å². The lowest BCUT2D eigenvalue weighted by Crippen LogP contribution is -2.47. The van der Waals surface area contributed by atoms with Crippen molar-refractivity contribution in [1.29, 1.82) is 0 Å². The van der Waals surface area contributed by atoms with Crippen molar-refractivity contribution in [2.75, 3.05) is 50.1 Å². The zero-order valence-electron chi connectivity index (χ0n) is 32.6. The van der Waals surface area contributed by atoms with Crippen molar-refractivity contribution in [3.05, 3.63) is 113 Å². The molecule has 3 aliphatic rings. The van der Waals surface area contributed by atoms with E-state index in [1.54, 1.807) is 61.0 Å². The highest BCUT2D eigenvalue weighted by atomic mass is 32.2. The molecule has 296 valence electrons. The standard InChI is InChI=1S/C43H47N7O5S2/c1-42(2)15-11-31(36(26-42)38-24-32(29-56-38)47-41-44-16-8-17-45-41)28-48-19-21-49(22-20-48)33-9-10-35(40(51)54-4)37(25-33)55-34-23-30-12-18-50(39(30)46-27-34)57(52,53)43(3)13-6-5-7-14-43/h5-10,12-13,16-18,23-25,27,29H,11,14-15,19-22,26,28H2,1-4H3,(H,44,45,47). The molecular formula is C43H47N7O5S2. The fraction of sp³-hybridized carbons (Fsp3) is 0.349. The Bertz CT molecular complexity index is 2500. The predicted molar refractivity (Wildman–Crippen MR) is 226 cm³/mol. The fourth-order valence-corrected chi connectivity index (χ4v) is 10.3. The molecule has 4 aromatic heterocycles. The summed E-state index contributed by atoms with van der Waals surface area (Å²) in [5.41, 5.74) is 5.75. The molecule has 1 saturated heterocycles. The van der Waals surface area contributed by atoms with Gasteiger partial charge in [-0.15, -0.1) is 11.3 Å². The number of hydrogen-bond donors (Lipinski definition) is 1. The van der Waals surface area contributed by atoms with Gasteiger partial charge >= 0.3 is 5.97 Å². The van der Waals surface area contributed by atoms with E-state index in [1.165, 1.54) is 39.5 Å². The van der Waals surface area contributed by atoms with Gasteiger partial charge in [-0.1, -0.05) is 43.7 Å². The first-order valence-electron chi connectivity index (χ1n) is 19.2. The first kappa shape index (κ1) is 38.6. The Kier molecular flexibility index (Phi) is 10.5. The molecule has 0 spiro atoms. The number of anilines is 3. The Morgan fingerprint density at radius 1 is 1.00 bits per heavy atom. The van der Waals surface area contributed by atoms with Crippen LogP contribution in [0.15, 0.2) is 103 Å². The third-order valence-electron chi connectivity index (χ3n) is 11.2. The molecular weight excluding hydrogens is 759 g/mol. The van der Waals surface area contributed by atoms with E-state index in [0.717, 1.165) is 63.4 Å². The largest absolute Gasteiger partial charge is 0.465 e. The van der Waals surface area contributed by atoms with Crippen LogP contribution in [0.1, 0.15) is 61.7 Å². The first-order valence-corrected chi connectivity index (χ1v) is 21.5. The smallest absolute Gasteiger partial charge is 0.341 e. The molecule has 57 heavy (non-hydrogen) atoms. The number of benzene rings is 1. The minimum absolute atomic E-state index is 0.240. The maximum atomic E-state index is 13.7. The zero-order chi connectivity index (χ0) is 39.8. The molecule has 1 N–H and O–H groups in total. The Morgan fingerprint density at radius 3 is 2.56 bits per heavy atom. The second kappa shape index (κ2) is 15.6. The number of pyridine rings is 1. The van der Waals surface area contributed by atoms with Crippen molar-refractivity contribution in [2.24, 2.45) is 5.41 Å². The number of hydrogen-bond acceptors (Lipinski definition) is 12. The van der Waals surface area contributed by atoms with E-state index >= 15 is 0 Å². The van der Waals surface area contributed by atoms with Gasteiger partial charge < -0.3 is 19.7 Å². The zero-order valence-corrected chi connectivity index (χ0v) is 34.3. The first-order chi connectivity index (χ1) is 27.4. The molecule has 0 saturated carbocycles. The highest BCUT2D eigenvalue weighted by Gasteiger charge is 2.39.